The third-order valence-electron chi connectivity index (χ3n) is 3.98. The molecule has 0 saturated carbocycles. The lowest BCUT2D eigenvalue weighted by molar-refractivity contribution is 0.266. The largest absolute Gasteiger partial charge is 0.317 e. The van der Waals surface area contributed by atoms with Crippen LogP contribution in [0.25, 0.3) is 0 Å². The van der Waals surface area contributed by atoms with Gasteiger partial charge >= 0.3 is 0 Å². The Hall–Kier alpha value is -0.960. The first kappa shape index (κ1) is 16.4. The van der Waals surface area contributed by atoms with Crippen molar-refractivity contribution in [2.24, 2.45) is 5.92 Å². The molecule has 120 valence electrons. The van der Waals surface area contributed by atoms with Crippen LogP contribution in [0.2, 0.25) is 0 Å². The second-order valence-corrected chi connectivity index (χ2v) is 7.25. The van der Waals surface area contributed by atoms with Crippen molar-refractivity contribution in [1.29, 1.82) is 0 Å². The highest BCUT2D eigenvalue weighted by Gasteiger charge is 2.27. The van der Waals surface area contributed by atoms with Crippen LogP contribution in [0, 0.1) is 12.8 Å². The smallest absolute Gasteiger partial charge is 0.279 e. The number of piperidine rings is 1. The molecule has 1 aromatic rings. The molecule has 3 N–H and O–H groups in total. The zero-order valence-corrected chi connectivity index (χ0v) is 13.5. The van der Waals surface area contributed by atoms with Crippen LogP contribution in [0.5, 0.6) is 0 Å². The van der Waals surface area contributed by atoms with Gasteiger partial charge in [0, 0.05) is 30.9 Å². The lowest BCUT2D eigenvalue weighted by Gasteiger charge is -2.31. The summed E-state index contributed by atoms with van der Waals surface area (Å²) >= 11 is 0. The van der Waals surface area contributed by atoms with Crippen molar-refractivity contribution in [3.05, 3.63) is 17.5 Å². The monoisotopic (exact) mass is 315 g/mol. The minimum atomic E-state index is -3.40. The molecule has 0 bridgehead atoms. The molecule has 1 fully saturated rings. The number of hydrogen-bond donors (Lipinski definition) is 3. The zero-order valence-electron chi connectivity index (χ0n) is 12.7. The average Bonchev–Trinajstić information content (AvgIpc) is 2.89. The van der Waals surface area contributed by atoms with Crippen LogP contribution in [-0.2, 0) is 16.8 Å². The van der Waals surface area contributed by atoms with E-state index in [1.165, 1.54) is 0 Å². The van der Waals surface area contributed by atoms with E-state index in [2.05, 4.69) is 27.2 Å². The number of nitrogens with zero attached hydrogens (tertiary/aromatic N) is 2. The first-order valence-electron chi connectivity index (χ1n) is 7.47. The molecule has 0 amide bonds. The van der Waals surface area contributed by atoms with Crippen LogP contribution in [0.15, 0.2) is 6.20 Å². The van der Waals surface area contributed by atoms with Gasteiger partial charge in [-0.05, 0) is 38.8 Å². The Balaban J connectivity index is 1.82. The molecule has 21 heavy (non-hydrogen) atoms. The standard InChI is InChI=1S/C13H25N5O2S/c1-3-14-8-12-4-6-18(7-5-12)21(19,20)16-10-13-9-15-17-11(13)2/h9,12,14,16H,3-8,10H2,1-2H3,(H,15,17). The SMILES string of the molecule is CCNCC1CCN(S(=O)(=O)NCc2cn[nH]c2C)CC1. The van der Waals surface area contributed by atoms with E-state index in [0.29, 0.717) is 19.0 Å². The first-order valence-corrected chi connectivity index (χ1v) is 8.91. The van der Waals surface area contributed by atoms with Crippen molar-refractivity contribution in [2.75, 3.05) is 26.2 Å². The van der Waals surface area contributed by atoms with E-state index < -0.39 is 10.2 Å². The normalized spacial score (nSPS) is 18.2. The number of rotatable bonds is 7. The van der Waals surface area contributed by atoms with E-state index in [0.717, 1.165) is 37.2 Å². The van der Waals surface area contributed by atoms with Gasteiger partial charge in [-0.3, -0.25) is 5.10 Å². The molecule has 0 unspecified atom stereocenters. The molecule has 1 aromatic heterocycles. The Labute approximate surface area is 126 Å². The van der Waals surface area contributed by atoms with E-state index >= 15 is 0 Å². The highest BCUT2D eigenvalue weighted by molar-refractivity contribution is 7.87. The molecule has 2 heterocycles. The maximum atomic E-state index is 12.3. The molecule has 0 spiro atoms. The number of nitrogens with one attached hydrogen (secondary N) is 3. The number of aromatic nitrogens is 2. The maximum absolute atomic E-state index is 12.3. The highest BCUT2D eigenvalue weighted by atomic mass is 32.2. The number of H-pyrrole nitrogens is 1. The van der Waals surface area contributed by atoms with Crippen LogP contribution in [0.1, 0.15) is 31.0 Å². The summed E-state index contributed by atoms with van der Waals surface area (Å²) < 4.78 is 28.8. The molecule has 0 aliphatic carbocycles. The van der Waals surface area contributed by atoms with Crippen molar-refractivity contribution in [3.63, 3.8) is 0 Å². The van der Waals surface area contributed by atoms with Crippen molar-refractivity contribution >= 4 is 10.2 Å². The van der Waals surface area contributed by atoms with Crippen LogP contribution >= 0.6 is 0 Å². The van der Waals surface area contributed by atoms with E-state index in [1.54, 1.807) is 10.5 Å². The molecule has 1 aliphatic heterocycles. The fourth-order valence-corrected chi connectivity index (χ4v) is 3.73. The molecule has 1 aliphatic rings. The predicted molar refractivity (Wildman–Crippen MR) is 81.9 cm³/mol. The van der Waals surface area contributed by atoms with Gasteiger partial charge in [0.15, 0.2) is 0 Å². The molecule has 0 aromatic carbocycles. The van der Waals surface area contributed by atoms with Gasteiger partial charge in [0.05, 0.1) is 6.20 Å². The Morgan fingerprint density at radius 1 is 1.43 bits per heavy atom. The molecule has 0 radical (unpaired) electrons. The Kier molecular flexibility index (Phi) is 5.74. The summed E-state index contributed by atoms with van der Waals surface area (Å²) in [6, 6.07) is 0. The minimum absolute atomic E-state index is 0.280. The van der Waals surface area contributed by atoms with Gasteiger partial charge in [-0.15, -0.1) is 0 Å². The predicted octanol–water partition coefficient (Wildman–Crippen LogP) is 0.374. The fourth-order valence-electron chi connectivity index (χ4n) is 2.52. The van der Waals surface area contributed by atoms with E-state index in [-0.39, 0.29) is 6.54 Å². The molecular weight excluding hydrogens is 290 g/mol. The Morgan fingerprint density at radius 2 is 2.14 bits per heavy atom. The summed E-state index contributed by atoms with van der Waals surface area (Å²) in [6.45, 7) is 7.37. The Morgan fingerprint density at radius 3 is 2.71 bits per heavy atom. The van der Waals surface area contributed by atoms with Crippen LogP contribution < -0.4 is 10.0 Å². The highest BCUT2D eigenvalue weighted by Crippen LogP contribution is 2.18. The molecule has 8 heteroatoms. The summed E-state index contributed by atoms with van der Waals surface area (Å²) in [7, 11) is -3.40. The number of aryl methyl sites for hydroxylation is 1. The van der Waals surface area contributed by atoms with E-state index in [9.17, 15) is 8.42 Å². The molecule has 1 saturated heterocycles. The van der Waals surface area contributed by atoms with Gasteiger partial charge < -0.3 is 5.32 Å². The van der Waals surface area contributed by atoms with Crippen molar-refractivity contribution < 1.29 is 8.42 Å². The summed E-state index contributed by atoms with van der Waals surface area (Å²) in [5.74, 6) is 0.576. The van der Waals surface area contributed by atoms with E-state index in [4.69, 9.17) is 0 Å². The summed E-state index contributed by atoms with van der Waals surface area (Å²) in [5, 5.41) is 10.0. The lowest BCUT2D eigenvalue weighted by Crippen LogP contribution is -2.45. The maximum Gasteiger partial charge on any atom is 0.279 e. The van der Waals surface area contributed by atoms with Crippen LogP contribution in [-0.4, -0.2) is 49.1 Å². The minimum Gasteiger partial charge on any atom is -0.317 e. The summed E-state index contributed by atoms with van der Waals surface area (Å²) in [5.41, 5.74) is 1.77. The number of hydrogen-bond acceptors (Lipinski definition) is 4. The van der Waals surface area contributed by atoms with Crippen LogP contribution in [0.3, 0.4) is 0 Å². The lowest BCUT2D eigenvalue weighted by atomic mass is 9.98. The van der Waals surface area contributed by atoms with Gasteiger partial charge in [0.1, 0.15) is 0 Å². The number of aromatic amines is 1. The second kappa shape index (κ2) is 7.35. The van der Waals surface area contributed by atoms with Crippen LogP contribution in [0.4, 0.5) is 0 Å². The topological polar surface area (TPSA) is 90.1 Å². The van der Waals surface area contributed by atoms with Gasteiger partial charge in [0.2, 0.25) is 0 Å². The fraction of sp³-hybridized carbons (Fsp3) is 0.769. The zero-order chi connectivity index (χ0) is 15.3. The quantitative estimate of drug-likeness (QED) is 0.678. The van der Waals surface area contributed by atoms with E-state index in [1.807, 2.05) is 6.92 Å². The second-order valence-electron chi connectivity index (χ2n) is 5.50. The van der Waals surface area contributed by atoms with Gasteiger partial charge in [0.25, 0.3) is 10.2 Å². The average molecular weight is 315 g/mol. The molecule has 0 atom stereocenters. The van der Waals surface area contributed by atoms with Crippen molar-refractivity contribution in [1.82, 2.24) is 24.5 Å². The van der Waals surface area contributed by atoms with Gasteiger partial charge in [-0.25, -0.2) is 0 Å². The van der Waals surface area contributed by atoms with Crippen molar-refractivity contribution in [2.45, 2.75) is 33.2 Å². The van der Waals surface area contributed by atoms with Gasteiger partial charge in [-0.2, -0.15) is 22.5 Å². The van der Waals surface area contributed by atoms with Crippen molar-refractivity contribution in [3.8, 4) is 0 Å². The third-order valence-corrected chi connectivity index (χ3v) is 5.53. The first-order chi connectivity index (χ1) is 10.0. The Bertz CT molecular complexity index is 535. The summed E-state index contributed by atoms with van der Waals surface area (Å²) in [6.07, 6.45) is 3.48. The summed E-state index contributed by atoms with van der Waals surface area (Å²) in [4.78, 5) is 0. The molecule has 7 nitrogen and oxygen atoms in total. The van der Waals surface area contributed by atoms with Gasteiger partial charge in [-0.1, -0.05) is 6.92 Å². The third kappa shape index (κ3) is 4.50. The molecular formula is C13H25N5O2S. The molecule has 2 rings (SSSR count).